The fourth-order valence-electron chi connectivity index (χ4n) is 0.863. The largest absolute Gasteiger partial charge is 0.303 e. The smallest absolute Gasteiger partial charge is 0.170 e. The first-order valence-corrected chi connectivity index (χ1v) is 3.57. The lowest BCUT2D eigenvalue weighted by Gasteiger charge is -1.97. The summed E-state index contributed by atoms with van der Waals surface area (Å²) in [6.45, 7) is 0. The van der Waals surface area contributed by atoms with Crippen molar-refractivity contribution in [3.8, 4) is 0 Å². The highest BCUT2D eigenvalue weighted by Gasteiger charge is 2.08. The van der Waals surface area contributed by atoms with E-state index in [4.69, 9.17) is 0 Å². The predicted molar refractivity (Wildman–Crippen MR) is 41.4 cm³/mol. The van der Waals surface area contributed by atoms with Crippen LogP contribution in [0.5, 0.6) is 0 Å². The lowest BCUT2D eigenvalue weighted by molar-refractivity contribution is -0.107. The second kappa shape index (κ2) is 3.89. The van der Waals surface area contributed by atoms with Gasteiger partial charge < -0.3 is 4.79 Å². The van der Waals surface area contributed by atoms with Crippen LogP contribution in [0.1, 0.15) is 16.8 Å². The van der Waals surface area contributed by atoms with E-state index in [1.165, 1.54) is 0 Å². The molecule has 68 valence electrons. The van der Waals surface area contributed by atoms with Crippen LogP contribution in [-0.2, 0) is 4.79 Å². The standard InChI is InChI=1S/C9H6F2O2/c10-7-2-1-6(5-8(7)11)9(13)3-4-12/h1-2,4-5H,3H2. The van der Waals surface area contributed by atoms with Gasteiger partial charge in [-0.2, -0.15) is 0 Å². The van der Waals surface area contributed by atoms with E-state index in [-0.39, 0.29) is 12.0 Å². The molecule has 0 saturated carbocycles. The van der Waals surface area contributed by atoms with Gasteiger partial charge in [0, 0.05) is 5.56 Å². The minimum atomic E-state index is -1.09. The van der Waals surface area contributed by atoms with Crippen LogP contribution in [0, 0.1) is 11.6 Å². The minimum Gasteiger partial charge on any atom is -0.303 e. The van der Waals surface area contributed by atoms with Crippen molar-refractivity contribution in [2.45, 2.75) is 6.42 Å². The van der Waals surface area contributed by atoms with E-state index in [2.05, 4.69) is 0 Å². The fourth-order valence-corrected chi connectivity index (χ4v) is 0.863. The monoisotopic (exact) mass is 184 g/mol. The molecule has 13 heavy (non-hydrogen) atoms. The number of hydrogen-bond acceptors (Lipinski definition) is 2. The summed E-state index contributed by atoms with van der Waals surface area (Å²) in [4.78, 5) is 20.9. The van der Waals surface area contributed by atoms with Gasteiger partial charge in [0.1, 0.15) is 6.29 Å². The van der Waals surface area contributed by atoms with Gasteiger partial charge >= 0.3 is 0 Å². The number of carbonyl (C=O) groups is 2. The first-order chi connectivity index (χ1) is 6.15. The molecule has 1 rings (SSSR count). The molecule has 0 radical (unpaired) electrons. The van der Waals surface area contributed by atoms with Crippen LogP contribution in [0.2, 0.25) is 0 Å². The zero-order valence-electron chi connectivity index (χ0n) is 6.59. The molecule has 0 atom stereocenters. The minimum absolute atomic E-state index is 0.00556. The third-order valence-corrected chi connectivity index (χ3v) is 1.51. The van der Waals surface area contributed by atoms with Gasteiger partial charge in [-0.1, -0.05) is 0 Å². The molecule has 4 heteroatoms. The van der Waals surface area contributed by atoms with Crippen LogP contribution in [0.25, 0.3) is 0 Å². The van der Waals surface area contributed by atoms with E-state index in [0.717, 1.165) is 18.2 Å². The quantitative estimate of drug-likeness (QED) is 0.407. The van der Waals surface area contributed by atoms with E-state index in [0.29, 0.717) is 6.29 Å². The van der Waals surface area contributed by atoms with Crippen molar-refractivity contribution in [1.29, 1.82) is 0 Å². The maximum Gasteiger partial charge on any atom is 0.170 e. The van der Waals surface area contributed by atoms with Gasteiger partial charge in [0.25, 0.3) is 0 Å². The number of carbonyl (C=O) groups excluding carboxylic acids is 2. The Labute approximate surface area is 73.2 Å². The molecule has 0 saturated heterocycles. The Morgan fingerprint density at radius 1 is 1.31 bits per heavy atom. The molecule has 0 aliphatic rings. The van der Waals surface area contributed by atoms with Gasteiger partial charge in [-0.05, 0) is 18.2 Å². The van der Waals surface area contributed by atoms with E-state index in [1.54, 1.807) is 0 Å². The van der Waals surface area contributed by atoms with Gasteiger partial charge in [0.15, 0.2) is 17.4 Å². The Morgan fingerprint density at radius 2 is 2.00 bits per heavy atom. The summed E-state index contributed by atoms with van der Waals surface area (Å²) in [5.41, 5.74) is 0.00556. The van der Waals surface area contributed by atoms with Crippen LogP contribution in [0.3, 0.4) is 0 Å². The molecule has 0 amide bonds. The highest BCUT2D eigenvalue weighted by Crippen LogP contribution is 2.09. The molecule has 0 unspecified atom stereocenters. The topological polar surface area (TPSA) is 34.1 Å². The van der Waals surface area contributed by atoms with E-state index in [1.807, 2.05) is 0 Å². The Hall–Kier alpha value is -1.58. The van der Waals surface area contributed by atoms with E-state index in [9.17, 15) is 18.4 Å². The molecule has 0 aliphatic heterocycles. The lowest BCUT2D eigenvalue weighted by Crippen LogP contribution is -2.00. The Morgan fingerprint density at radius 3 is 2.54 bits per heavy atom. The molecule has 0 bridgehead atoms. The molecule has 0 spiro atoms. The molecule has 1 aromatic carbocycles. The summed E-state index contributed by atoms with van der Waals surface area (Å²) in [6, 6.07) is 2.78. The van der Waals surface area contributed by atoms with Crippen molar-refractivity contribution in [2.75, 3.05) is 0 Å². The first kappa shape index (κ1) is 9.51. The summed E-state index contributed by atoms with van der Waals surface area (Å²) in [5.74, 6) is -2.62. The van der Waals surface area contributed by atoms with Gasteiger partial charge in [-0.25, -0.2) is 8.78 Å². The summed E-state index contributed by atoms with van der Waals surface area (Å²) < 4.78 is 25.0. The van der Waals surface area contributed by atoms with Crippen molar-refractivity contribution in [3.05, 3.63) is 35.4 Å². The molecule has 0 aromatic heterocycles. The van der Waals surface area contributed by atoms with Crippen molar-refractivity contribution in [1.82, 2.24) is 0 Å². The first-order valence-electron chi connectivity index (χ1n) is 3.57. The lowest BCUT2D eigenvalue weighted by atomic mass is 10.1. The number of benzene rings is 1. The van der Waals surface area contributed by atoms with E-state index < -0.39 is 17.4 Å². The summed E-state index contributed by atoms with van der Waals surface area (Å²) in [5, 5.41) is 0. The maximum absolute atomic E-state index is 12.6. The highest BCUT2D eigenvalue weighted by atomic mass is 19.2. The molecule has 2 nitrogen and oxygen atoms in total. The molecule has 1 aromatic rings. The van der Waals surface area contributed by atoms with Crippen LogP contribution in [0.15, 0.2) is 18.2 Å². The average Bonchev–Trinajstić information content (AvgIpc) is 2.10. The highest BCUT2D eigenvalue weighted by molar-refractivity contribution is 6.02. The van der Waals surface area contributed by atoms with Gasteiger partial charge in [0.2, 0.25) is 0 Å². The van der Waals surface area contributed by atoms with Crippen molar-refractivity contribution in [3.63, 3.8) is 0 Å². The second-order valence-electron chi connectivity index (χ2n) is 2.42. The number of Topliss-reactive ketones (excluding diaryl/α,β-unsaturated/α-hetero) is 1. The predicted octanol–water partition coefficient (Wildman–Crippen LogP) is 1.74. The van der Waals surface area contributed by atoms with Crippen LogP contribution >= 0.6 is 0 Å². The second-order valence-corrected chi connectivity index (χ2v) is 2.42. The van der Waals surface area contributed by atoms with Crippen molar-refractivity contribution >= 4 is 12.1 Å². The third kappa shape index (κ3) is 2.18. The van der Waals surface area contributed by atoms with E-state index >= 15 is 0 Å². The molecular formula is C9H6F2O2. The Bertz CT molecular complexity index is 347. The molecule has 0 heterocycles. The fraction of sp³-hybridized carbons (Fsp3) is 0.111. The summed E-state index contributed by atoms with van der Waals surface area (Å²) >= 11 is 0. The SMILES string of the molecule is O=CCC(=O)c1ccc(F)c(F)c1. The molecule has 0 fully saturated rings. The summed E-state index contributed by atoms with van der Waals surface area (Å²) in [6.07, 6.45) is 0.106. The molecule has 0 N–H and O–H groups in total. The molecule has 0 aliphatic carbocycles. The Balaban J connectivity index is 2.96. The van der Waals surface area contributed by atoms with Gasteiger partial charge in [-0.15, -0.1) is 0 Å². The average molecular weight is 184 g/mol. The zero-order valence-corrected chi connectivity index (χ0v) is 6.59. The van der Waals surface area contributed by atoms with Crippen LogP contribution in [-0.4, -0.2) is 12.1 Å². The van der Waals surface area contributed by atoms with Gasteiger partial charge in [0.05, 0.1) is 6.42 Å². The number of rotatable bonds is 3. The number of ketones is 1. The van der Waals surface area contributed by atoms with Crippen molar-refractivity contribution in [2.24, 2.45) is 0 Å². The number of halogens is 2. The van der Waals surface area contributed by atoms with Gasteiger partial charge in [-0.3, -0.25) is 4.79 Å². The Kier molecular flexibility index (Phi) is 2.84. The maximum atomic E-state index is 12.6. The third-order valence-electron chi connectivity index (χ3n) is 1.51. The van der Waals surface area contributed by atoms with Crippen LogP contribution in [0.4, 0.5) is 8.78 Å². The van der Waals surface area contributed by atoms with Crippen LogP contribution < -0.4 is 0 Å². The zero-order chi connectivity index (χ0) is 9.84. The van der Waals surface area contributed by atoms with Crippen molar-refractivity contribution < 1.29 is 18.4 Å². The number of hydrogen-bond donors (Lipinski definition) is 0. The normalized spacial score (nSPS) is 9.69. The summed E-state index contributed by atoms with van der Waals surface area (Å²) in [7, 11) is 0. The number of aldehydes is 1. The molecular weight excluding hydrogens is 178 g/mol.